The van der Waals surface area contributed by atoms with Crippen molar-refractivity contribution in [2.75, 3.05) is 0 Å². The molecule has 19 heavy (non-hydrogen) atoms. The summed E-state index contributed by atoms with van der Waals surface area (Å²) in [6.07, 6.45) is 4.40. The maximum absolute atomic E-state index is 13.3. The van der Waals surface area contributed by atoms with Crippen molar-refractivity contribution in [2.24, 2.45) is 5.73 Å². The van der Waals surface area contributed by atoms with Gasteiger partial charge in [0.15, 0.2) is 0 Å². The fourth-order valence-electron chi connectivity index (χ4n) is 1.45. The third-order valence-electron chi connectivity index (χ3n) is 2.40. The molecule has 0 aliphatic rings. The van der Waals surface area contributed by atoms with Gasteiger partial charge < -0.3 is 11.1 Å². The molecule has 3 N–H and O–H groups in total. The highest BCUT2D eigenvalue weighted by Gasteiger charge is 2.19. The standard InChI is InChI=1S/C13H12F2N2O2/c1-2-4-11(13(16)19)17-12(18)7-8-9(14)5-3-6-10(8)15/h1,3,5-6,11H,4,7H2,(H2,16,19)(H,17,18)/t11-/m0/s1. The molecule has 2 amide bonds. The molecule has 0 aromatic heterocycles. The summed E-state index contributed by atoms with van der Waals surface area (Å²) in [5, 5.41) is 2.23. The molecule has 0 unspecified atom stereocenters. The number of benzene rings is 1. The average Bonchev–Trinajstić information content (AvgIpc) is 2.33. The van der Waals surface area contributed by atoms with Gasteiger partial charge in [0.05, 0.1) is 6.42 Å². The smallest absolute Gasteiger partial charge is 0.240 e. The summed E-state index contributed by atoms with van der Waals surface area (Å²) in [5.41, 5.74) is 4.66. The van der Waals surface area contributed by atoms with E-state index in [1.165, 1.54) is 6.07 Å². The van der Waals surface area contributed by atoms with Crippen LogP contribution in [0.5, 0.6) is 0 Å². The molecule has 0 saturated carbocycles. The SMILES string of the molecule is C#CC[C@H](NC(=O)Cc1c(F)cccc1F)C(N)=O. The maximum Gasteiger partial charge on any atom is 0.240 e. The van der Waals surface area contributed by atoms with Crippen LogP contribution in [0.2, 0.25) is 0 Å². The average molecular weight is 266 g/mol. The third-order valence-corrected chi connectivity index (χ3v) is 2.40. The second kappa shape index (κ2) is 6.50. The predicted octanol–water partition coefficient (Wildman–Crippen LogP) is 0.501. The normalized spacial score (nSPS) is 11.4. The molecule has 0 radical (unpaired) electrons. The van der Waals surface area contributed by atoms with Crippen molar-refractivity contribution in [2.45, 2.75) is 18.9 Å². The van der Waals surface area contributed by atoms with Gasteiger partial charge in [0, 0.05) is 12.0 Å². The van der Waals surface area contributed by atoms with Gasteiger partial charge in [-0.05, 0) is 12.1 Å². The minimum absolute atomic E-state index is 0.0825. The summed E-state index contributed by atoms with van der Waals surface area (Å²) in [6.45, 7) is 0. The summed E-state index contributed by atoms with van der Waals surface area (Å²) < 4.78 is 26.6. The Hall–Kier alpha value is -2.42. The Labute approximate surface area is 109 Å². The number of amides is 2. The highest BCUT2D eigenvalue weighted by Crippen LogP contribution is 2.12. The van der Waals surface area contributed by atoms with Crippen molar-refractivity contribution in [1.82, 2.24) is 5.32 Å². The first-order chi connectivity index (χ1) is 8.95. The summed E-state index contributed by atoms with van der Waals surface area (Å²) in [7, 11) is 0. The number of carbonyl (C=O) groups excluding carboxylic acids is 2. The molecule has 0 fully saturated rings. The lowest BCUT2D eigenvalue weighted by Gasteiger charge is -2.13. The molecular formula is C13H12F2N2O2. The Morgan fingerprint density at radius 2 is 1.95 bits per heavy atom. The van der Waals surface area contributed by atoms with Crippen LogP contribution in [0.4, 0.5) is 8.78 Å². The van der Waals surface area contributed by atoms with Gasteiger partial charge in [-0.2, -0.15) is 0 Å². The quantitative estimate of drug-likeness (QED) is 0.762. The number of rotatable bonds is 5. The molecule has 0 spiro atoms. The first-order valence-electron chi connectivity index (χ1n) is 5.40. The minimum atomic E-state index is -1.05. The van der Waals surface area contributed by atoms with Crippen molar-refractivity contribution < 1.29 is 18.4 Å². The largest absolute Gasteiger partial charge is 0.368 e. The van der Waals surface area contributed by atoms with E-state index in [0.717, 1.165) is 12.1 Å². The van der Waals surface area contributed by atoms with Gasteiger partial charge in [0.25, 0.3) is 0 Å². The first-order valence-corrected chi connectivity index (χ1v) is 5.40. The van der Waals surface area contributed by atoms with Gasteiger partial charge in [0.1, 0.15) is 17.7 Å². The molecule has 4 nitrogen and oxygen atoms in total. The Morgan fingerprint density at radius 1 is 1.37 bits per heavy atom. The number of hydrogen-bond acceptors (Lipinski definition) is 2. The van der Waals surface area contributed by atoms with E-state index in [9.17, 15) is 18.4 Å². The molecule has 1 atom stereocenters. The van der Waals surface area contributed by atoms with E-state index in [0.29, 0.717) is 0 Å². The predicted molar refractivity (Wildman–Crippen MR) is 64.6 cm³/mol. The number of halogens is 2. The van der Waals surface area contributed by atoms with Crippen LogP contribution in [-0.4, -0.2) is 17.9 Å². The van der Waals surface area contributed by atoms with E-state index in [4.69, 9.17) is 12.2 Å². The fourth-order valence-corrected chi connectivity index (χ4v) is 1.45. The second-order valence-corrected chi connectivity index (χ2v) is 3.81. The number of hydrogen-bond donors (Lipinski definition) is 2. The van der Waals surface area contributed by atoms with Crippen molar-refractivity contribution in [3.8, 4) is 12.3 Å². The van der Waals surface area contributed by atoms with Gasteiger partial charge >= 0.3 is 0 Å². The van der Waals surface area contributed by atoms with E-state index in [1.54, 1.807) is 0 Å². The van der Waals surface area contributed by atoms with Crippen molar-refractivity contribution in [3.05, 3.63) is 35.4 Å². The summed E-state index contributed by atoms with van der Waals surface area (Å²) in [4.78, 5) is 22.6. The molecule has 0 bridgehead atoms. The lowest BCUT2D eigenvalue weighted by Crippen LogP contribution is -2.44. The minimum Gasteiger partial charge on any atom is -0.368 e. The van der Waals surface area contributed by atoms with Crippen molar-refractivity contribution in [1.29, 1.82) is 0 Å². The fraction of sp³-hybridized carbons (Fsp3) is 0.231. The monoisotopic (exact) mass is 266 g/mol. The summed E-state index contributed by atoms with van der Waals surface area (Å²) >= 11 is 0. The van der Waals surface area contributed by atoms with Gasteiger partial charge in [-0.1, -0.05) is 6.07 Å². The Bertz CT molecular complexity index is 518. The lowest BCUT2D eigenvalue weighted by molar-refractivity contribution is -0.126. The van der Waals surface area contributed by atoms with Crippen LogP contribution in [0.1, 0.15) is 12.0 Å². The highest BCUT2D eigenvalue weighted by atomic mass is 19.1. The van der Waals surface area contributed by atoms with Gasteiger partial charge in [-0.25, -0.2) is 8.78 Å². The molecule has 100 valence electrons. The Kier molecular flexibility index (Phi) is 5.01. The van der Waals surface area contributed by atoms with Gasteiger partial charge in [-0.3, -0.25) is 9.59 Å². The van der Waals surface area contributed by atoms with Crippen LogP contribution >= 0.6 is 0 Å². The van der Waals surface area contributed by atoms with Crippen LogP contribution < -0.4 is 11.1 Å². The number of nitrogens with one attached hydrogen (secondary N) is 1. The van der Waals surface area contributed by atoms with Crippen LogP contribution in [-0.2, 0) is 16.0 Å². The van der Waals surface area contributed by atoms with Crippen LogP contribution in [0.25, 0.3) is 0 Å². The van der Waals surface area contributed by atoms with Crippen molar-refractivity contribution >= 4 is 11.8 Å². The first kappa shape index (κ1) is 14.6. The van der Waals surface area contributed by atoms with E-state index in [2.05, 4.69) is 11.2 Å². The lowest BCUT2D eigenvalue weighted by atomic mass is 10.1. The molecule has 1 rings (SSSR count). The van der Waals surface area contributed by atoms with Crippen LogP contribution in [0.15, 0.2) is 18.2 Å². The molecule has 6 heteroatoms. The Morgan fingerprint density at radius 3 is 2.42 bits per heavy atom. The molecule has 1 aromatic rings. The topological polar surface area (TPSA) is 72.2 Å². The Balaban J connectivity index is 2.75. The molecule has 0 saturated heterocycles. The van der Waals surface area contributed by atoms with E-state index < -0.39 is 35.9 Å². The van der Waals surface area contributed by atoms with Crippen LogP contribution in [0.3, 0.4) is 0 Å². The van der Waals surface area contributed by atoms with Crippen LogP contribution in [0, 0.1) is 24.0 Å². The molecule has 0 aliphatic heterocycles. The number of terminal acetylenes is 1. The number of primary amides is 1. The zero-order chi connectivity index (χ0) is 14.4. The van der Waals surface area contributed by atoms with E-state index in [1.807, 2.05) is 0 Å². The zero-order valence-electron chi connectivity index (χ0n) is 9.95. The molecule has 1 aromatic carbocycles. The summed E-state index contributed by atoms with van der Waals surface area (Å²) in [5.74, 6) is -1.02. The zero-order valence-corrected chi connectivity index (χ0v) is 9.95. The maximum atomic E-state index is 13.3. The van der Waals surface area contributed by atoms with Crippen molar-refractivity contribution in [3.63, 3.8) is 0 Å². The highest BCUT2D eigenvalue weighted by molar-refractivity contribution is 5.87. The van der Waals surface area contributed by atoms with E-state index in [-0.39, 0.29) is 12.0 Å². The van der Waals surface area contributed by atoms with Gasteiger partial charge in [-0.15, -0.1) is 12.3 Å². The number of nitrogens with two attached hydrogens (primary N) is 1. The molecular weight excluding hydrogens is 254 g/mol. The molecule has 0 aliphatic carbocycles. The third kappa shape index (κ3) is 4.07. The second-order valence-electron chi connectivity index (χ2n) is 3.81. The number of carbonyl (C=O) groups is 2. The summed E-state index contributed by atoms with van der Waals surface area (Å²) in [6, 6.07) is 2.22. The molecule has 0 heterocycles. The van der Waals surface area contributed by atoms with E-state index >= 15 is 0 Å². The van der Waals surface area contributed by atoms with Gasteiger partial charge in [0.2, 0.25) is 11.8 Å².